The van der Waals surface area contributed by atoms with Crippen LogP contribution in [-0.4, -0.2) is 40.7 Å². The first kappa shape index (κ1) is 14.2. The first-order chi connectivity index (χ1) is 10.6. The quantitative estimate of drug-likeness (QED) is 0.849. The molecule has 2 N–H and O–H groups in total. The highest BCUT2D eigenvalue weighted by Crippen LogP contribution is 2.21. The molecule has 3 heterocycles. The van der Waals surface area contributed by atoms with Crippen molar-refractivity contribution in [3.63, 3.8) is 0 Å². The molecule has 1 aliphatic heterocycles. The number of nitrogens with one attached hydrogen (secondary N) is 2. The van der Waals surface area contributed by atoms with E-state index in [1.807, 2.05) is 19.1 Å². The summed E-state index contributed by atoms with van der Waals surface area (Å²) in [6.45, 7) is 4.15. The minimum Gasteiger partial charge on any atom is -0.354 e. The Morgan fingerprint density at radius 2 is 2.14 bits per heavy atom. The Morgan fingerprint density at radius 1 is 1.32 bits per heavy atom. The molecule has 1 aliphatic rings. The summed E-state index contributed by atoms with van der Waals surface area (Å²) < 4.78 is 0. The van der Waals surface area contributed by atoms with Crippen molar-refractivity contribution < 1.29 is 4.79 Å². The molecule has 1 fully saturated rings. The lowest BCUT2D eigenvalue weighted by Crippen LogP contribution is -2.52. The number of nitrogens with zero attached hydrogens (tertiary/aromatic N) is 3. The molecule has 1 amide bonds. The maximum absolute atomic E-state index is 11.9. The molecule has 1 saturated heterocycles. The average molecular weight is 299 g/mol. The number of aromatic nitrogens is 3. The molecule has 2 aromatic rings. The van der Waals surface area contributed by atoms with Crippen molar-refractivity contribution in [2.45, 2.75) is 6.92 Å². The zero-order chi connectivity index (χ0) is 15.5. The predicted octanol–water partition coefficient (Wildman–Crippen LogP) is 0.340. The molecule has 0 aliphatic carbocycles. The van der Waals surface area contributed by atoms with Crippen LogP contribution in [0.2, 0.25) is 0 Å². The lowest BCUT2D eigenvalue weighted by atomic mass is 10.0. The van der Waals surface area contributed by atoms with Crippen LogP contribution in [0.3, 0.4) is 0 Å². The number of carbonyl (C=O) groups is 1. The molecule has 3 rings (SSSR count). The van der Waals surface area contributed by atoms with Crippen LogP contribution in [0.1, 0.15) is 16.2 Å². The second-order valence-corrected chi connectivity index (χ2v) is 5.44. The van der Waals surface area contributed by atoms with Crippen LogP contribution in [0, 0.1) is 12.8 Å². The largest absolute Gasteiger partial charge is 0.354 e. The van der Waals surface area contributed by atoms with Crippen molar-refractivity contribution in [3.8, 4) is 0 Å². The summed E-state index contributed by atoms with van der Waals surface area (Å²) in [7, 11) is 0. The van der Waals surface area contributed by atoms with Gasteiger partial charge in [-0.3, -0.25) is 9.59 Å². The standard InChI is InChI=1S/C15H17N5O2/c1-10-5-6-13(19-18-10)20-8-11(9-20)7-16-15(22)12-3-2-4-14(21)17-12/h2-6,11H,7-9H2,1H3,(H,16,22)(H,17,21). The fourth-order valence-electron chi connectivity index (χ4n) is 2.36. The highest BCUT2D eigenvalue weighted by Gasteiger charge is 2.28. The average Bonchev–Trinajstić information content (AvgIpc) is 2.47. The third-order valence-corrected chi connectivity index (χ3v) is 3.63. The molecule has 2 aromatic heterocycles. The van der Waals surface area contributed by atoms with E-state index in [1.165, 1.54) is 6.07 Å². The van der Waals surface area contributed by atoms with E-state index in [-0.39, 0.29) is 17.2 Å². The van der Waals surface area contributed by atoms with Crippen LogP contribution in [0.4, 0.5) is 5.82 Å². The predicted molar refractivity (Wildman–Crippen MR) is 81.9 cm³/mol. The molecular weight excluding hydrogens is 282 g/mol. The number of hydrogen-bond acceptors (Lipinski definition) is 5. The maximum atomic E-state index is 11.9. The molecule has 22 heavy (non-hydrogen) atoms. The molecule has 7 nitrogen and oxygen atoms in total. The van der Waals surface area contributed by atoms with Crippen LogP contribution in [0.5, 0.6) is 0 Å². The number of H-pyrrole nitrogens is 1. The van der Waals surface area contributed by atoms with Gasteiger partial charge in [0.2, 0.25) is 5.56 Å². The van der Waals surface area contributed by atoms with Crippen molar-refractivity contribution in [1.29, 1.82) is 0 Å². The summed E-state index contributed by atoms with van der Waals surface area (Å²) in [5, 5.41) is 11.0. The van der Waals surface area contributed by atoms with Gasteiger partial charge in [-0.1, -0.05) is 6.07 Å². The van der Waals surface area contributed by atoms with Crippen LogP contribution >= 0.6 is 0 Å². The van der Waals surface area contributed by atoms with E-state index in [1.54, 1.807) is 12.1 Å². The summed E-state index contributed by atoms with van der Waals surface area (Å²) in [4.78, 5) is 27.7. The van der Waals surface area contributed by atoms with Crippen LogP contribution < -0.4 is 15.8 Å². The zero-order valence-corrected chi connectivity index (χ0v) is 12.2. The van der Waals surface area contributed by atoms with Crippen LogP contribution in [0.15, 0.2) is 35.1 Å². The molecule has 0 unspecified atom stereocenters. The molecule has 0 aromatic carbocycles. The summed E-state index contributed by atoms with van der Waals surface area (Å²) in [5.74, 6) is 0.981. The Morgan fingerprint density at radius 3 is 2.82 bits per heavy atom. The lowest BCUT2D eigenvalue weighted by Gasteiger charge is -2.39. The number of pyridine rings is 1. The first-order valence-corrected chi connectivity index (χ1v) is 7.14. The van der Waals surface area contributed by atoms with E-state index in [9.17, 15) is 9.59 Å². The van der Waals surface area contributed by atoms with Crippen LogP contribution in [0.25, 0.3) is 0 Å². The Labute approximate surface area is 127 Å². The van der Waals surface area contributed by atoms with Gasteiger partial charge in [-0.05, 0) is 25.1 Å². The lowest BCUT2D eigenvalue weighted by molar-refractivity contribution is 0.0939. The summed E-state index contributed by atoms with van der Waals surface area (Å²) in [6.07, 6.45) is 0. The molecular formula is C15H17N5O2. The van der Waals surface area contributed by atoms with Gasteiger partial charge >= 0.3 is 0 Å². The van der Waals surface area contributed by atoms with Gasteiger partial charge in [-0.25, -0.2) is 0 Å². The van der Waals surface area contributed by atoms with Crippen molar-refractivity contribution in [2.24, 2.45) is 5.92 Å². The second kappa shape index (κ2) is 5.97. The maximum Gasteiger partial charge on any atom is 0.267 e. The molecule has 0 spiro atoms. The number of amides is 1. The molecule has 114 valence electrons. The molecule has 0 atom stereocenters. The monoisotopic (exact) mass is 299 g/mol. The zero-order valence-electron chi connectivity index (χ0n) is 12.2. The normalized spacial score (nSPS) is 14.5. The van der Waals surface area contributed by atoms with Crippen molar-refractivity contribution in [3.05, 3.63) is 52.1 Å². The topological polar surface area (TPSA) is 91.0 Å². The number of hydrogen-bond donors (Lipinski definition) is 2. The van der Waals surface area contributed by atoms with E-state index >= 15 is 0 Å². The highest BCUT2D eigenvalue weighted by molar-refractivity contribution is 5.92. The molecule has 0 bridgehead atoms. The van der Waals surface area contributed by atoms with Crippen molar-refractivity contribution in [1.82, 2.24) is 20.5 Å². The number of anilines is 1. The van der Waals surface area contributed by atoms with Gasteiger partial charge in [0.1, 0.15) is 5.69 Å². The summed E-state index contributed by atoms with van der Waals surface area (Å²) >= 11 is 0. The van der Waals surface area contributed by atoms with E-state index in [4.69, 9.17) is 0 Å². The number of aromatic amines is 1. The Hall–Kier alpha value is -2.70. The SMILES string of the molecule is Cc1ccc(N2CC(CNC(=O)c3cccc(=O)[nH]3)C2)nn1. The van der Waals surface area contributed by atoms with E-state index < -0.39 is 0 Å². The molecule has 0 radical (unpaired) electrons. The smallest absolute Gasteiger partial charge is 0.267 e. The fraction of sp³-hybridized carbons (Fsp3) is 0.333. The minimum absolute atomic E-state index is 0.258. The number of rotatable bonds is 4. The fourth-order valence-corrected chi connectivity index (χ4v) is 2.36. The molecule has 0 saturated carbocycles. The molecule has 7 heteroatoms. The van der Waals surface area contributed by atoms with Gasteiger partial charge in [-0.2, -0.15) is 5.10 Å². The summed E-state index contributed by atoms with van der Waals surface area (Å²) in [6, 6.07) is 8.42. The van der Waals surface area contributed by atoms with Gasteiger partial charge in [0.15, 0.2) is 5.82 Å². The second-order valence-electron chi connectivity index (χ2n) is 5.44. The van der Waals surface area contributed by atoms with Crippen molar-refractivity contribution in [2.75, 3.05) is 24.5 Å². The summed E-state index contributed by atoms with van der Waals surface area (Å²) in [5.41, 5.74) is 0.901. The Kier molecular flexibility index (Phi) is 3.86. The first-order valence-electron chi connectivity index (χ1n) is 7.14. The third kappa shape index (κ3) is 3.13. The third-order valence-electron chi connectivity index (χ3n) is 3.63. The van der Waals surface area contributed by atoms with E-state index in [0.717, 1.165) is 24.6 Å². The Balaban J connectivity index is 1.47. The van der Waals surface area contributed by atoms with E-state index in [0.29, 0.717) is 12.5 Å². The number of aryl methyl sites for hydroxylation is 1. The van der Waals surface area contributed by atoms with Gasteiger partial charge in [0.05, 0.1) is 5.69 Å². The highest BCUT2D eigenvalue weighted by atomic mass is 16.2. The van der Waals surface area contributed by atoms with Gasteiger partial charge in [-0.15, -0.1) is 5.10 Å². The van der Waals surface area contributed by atoms with E-state index in [2.05, 4.69) is 25.4 Å². The van der Waals surface area contributed by atoms with Crippen LogP contribution in [-0.2, 0) is 0 Å². The van der Waals surface area contributed by atoms with Gasteiger partial charge in [0.25, 0.3) is 5.91 Å². The van der Waals surface area contributed by atoms with Crippen molar-refractivity contribution >= 4 is 11.7 Å². The van der Waals surface area contributed by atoms with Gasteiger partial charge in [0, 0.05) is 31.6 Å². The Bertz CT molecular complexity index is 719. The van der Waals surface area contributed by atoms with Gasteiger partial charge < -0.3 is 15.2 Å². The number of carbonyl (C=O) groups excluding carboxylic acids is 1. The minimum atomic E-state index is -0.277.